The Kier molecular flexibility index (Phi) is 9.28. The summed E-state index contributed by atoms with van der Waals surface area (Å²) in [6.45, 7) is 7.98. The molecule has 24 heavy (non-hydrogen) atoms. The Balaban J connectivity index is 0.00000288. The van der Waals surface area contributed by atoms with Crippen molar-refractivity contribution in [1.29, 1.82) is 0 Å². The van der Waals surface area contributed by atoms with E-state index >= 15 is 0 Å². The molecule has 0 saturated heterocycles. The molecule has 132 valence electrons. The molecule has 4 nitrogen and oxygen atoms in total. The average Bonchev–Trinajstić information content (AvgIpc) is 2.97. The first-order chi connectivity index (χ1) is 11.1. The van der Waals surface area contributed by atoms with Crippen molar-refractivity contribution >= 4 is 41.3 Å². The number of benzene rings is 1. The van der Waals surface area contributed by atoms with Crippen LogP contribution in [-0.4, -0.2) is 24.5 Å². The normalized spacial score (nSPS) is 11.1. The first-order valence-corrected chi connectivity index (χ1v) is 8.93. The minimum atomic E-state index is 0. The van der Waals surface area contributed by atoms with Crippen LogP contribution in [0.1, 0.15) is 34.3 Å². The zero-order valence-electron chi connectivity index (χ0n) is 14.8. The van der Waals surface area contributed by atoms with Crippen molar-refractivity contribution in [2.75, 3.05) is 13.6 Å². The molecule has 2 aromatic rings. The van der Waals surface area contributed by atoms with Crippen LogP contribution in [0.15, 0.2) is 28.6 Å². The number of rotatable bonds is 6. The summed E-state index contributed by atoms with van der Waals surface area (Å²) in [5.41, 5.74) is 5.07. The second-order valence-corrected chi connectivity index (χ2v) is 6.63. The summed E-state index contributed by atoms with van der Waals surface area (Å²) >= 11 is 1.72. The number of thiazole rings is 1. The zero-order valence-corrected chi connectivity index (χ0v) is 18.0. The van der Waals surface area contributed by atoms with Gasteiger partial charge in [-0.15, -0.1) is 35.3 Å². The van der Waals surface area contributed by atoms with Crippen molar-refractivity contribution in [3.8, 4) is 0 Å². The van der Waals surface area contributed by atoms with Crippen molar-refractivity contribution in [2.45, 2.75) is 40.2 Å². The van der Waals surface area contributed by atoms with Gasteiger partial charge in [-0.3, -0.25) is 4.99 Å². The Hall–Kier alpha value is -1.15. The molecule has 0 unspecified atom stereocenters. The molecule has 0 spiro atoms. The van der Waals surface area contributed by atoms with Gasteiger partial charge >= 0.3 is 0 Å². The summed E-state index contributed by atoms with van der Waals surface area (Å²) in [5, 5.41) is 9.96. The fourth-order valence-corrected chi connectivity index (χ4v) is 3.27. The predicted molar refractivity (Wildman–Crippen MR) is 115 cm³/mol. The first kappa shape index (κ1) is 20.9. The monoisotopic (exact) mass is 458 g/mol. The van der Waals surface area contributed by atoms with Gasteiger partial charge in [-0.05, 0) is 32.3 Å². The lowest BCUT2D eigenvalue weighted by molar-refractivity contribution is 0.783. The number of nitrogens with one attached hydrogen (secondary N) is 2. The second-order valence-electron chi connectivity index (χ2n) is 5.68. The molecule has 0 saturated carbocycles. The van der Waals surface area contributed by atoms with Gasteiger partial charge in [0.15, 0.2) is 5.96 Å². The Morgan fingerprint density at radius 3 is 2.46 bits per heavy atom. The lowest BCUT2D eigenvalue weighted by Crippen LogP contribution is -2.37. The summed E-state index contributed by atoms with van der Waals surface area (Å²) in [4.78, 5) is 8.82. The van der Waals surface area contributed by atoms with Crippen LogP contribution < -0.4 is 10.6 Å². The molecule has 2 rings (SSSR count). The van der Waals surface area contributed by atoms with Gasteiger partial charge in [0.2, 0.25) is 0 Å². The molecule has 0 amide bonds. The highest BCUT2D eigenvalue weighted by Crippen LogP contribution is 2.10. The third kappa shape index (κ3) is 6.76. The minimum absolute atomic E-state index is 0. The maximum atomic E-state index is 4.56. The first-order valence-electron chi connectivity index (χ1n) is 8.05. The second kappa shape index (κ2) is 10.7. The molecule has 6 heteroatoms. The molecule has 2 N–H and O–H groups in total. The third-order valence-electron chi connectivity index (χ3n) is 3.55. The molecule has 1 aromatic heterocycles. The molecule has 0 bridgehead atoms. The molecule has 1 heterocycles. The zero-order chi connectivity index (χ0) is 16.7. The molecule has 1 aromatic carbocycles. The molecule has 0 atom stereocenters. The molecular formula is C18H27IN4S. The number of aliphatic imine (C=N–C) groups is 1. The number of hydrogen-bond donors (Lipinski definition) is 2. The predicted octanol–water partition coefficient (Wildman–Crippen LogP) is 3.85. The van der Waals surface area contributed by atoms with Crippen molar-refractivity contribution in [3.05, 3.63) is 51.0 Å². The topological polar surface area (TPSA) is 49.3 Å². The number of aromatic nitrogens is 1. The van der Waals surface area contributed by atoms with Gasteiger partial charge in [-0.2, -0.15) is 0 Å². The van der Waals surface area contributed by atoms with Gasteiger partial charge in [-0.1, -0.05) is 36.2 Å². The van der Waals surface area contributed by atoms with E-state index in [1.165, 1.54) is 21.7 Å². The van der Waals surface area contributed by atoms with E-state index < -0.39 is 0 Å². The number of halogens is 1. The van der Waals surface area contributed by atoms with Crippen LogP contribution in [0.4, 0.5) is 0 Å². The van der Waals surface area contributed by atoms with Crippen LogP contribution in [0.2, 0.25) is 0 Å². The van der Waals surface area contributed by atoms with E-state index in [1.54, 1.807) is 18.4 Å². The summed E-state index contributed by atoms with van der Waals surface area (Å²) in [6, 6.07) is 6.69. The van der Waals surface area contributed by atoms with E-state index in [4.69, 9.17) is 0 Å². The van der Waals surface area contributed by atoms with E-state index in [1.807, 2.05) is 0 Å². The van der Waals surface area contributed by atoms with Crippen LogP contribution >= 0.6 is 35.3 Å². The van der Waals surface area contributed by atoms with Crippen LogP contribution in [0.5, 0.6) is 0 Å². The summed E-state index contributed by atoms with van der Waals surface area (Å²) in [5.74, 6) is 0.820. The Morgan fingerprint density at radius 1 is 1.17 bits per heavy atom. The molecule has 0 fully saturated rings. The standard InChI is InChI=1S/C18H26N4S.HI/c1-5-17-22-16(12-23-17)11-21-18(19-4)20-7-6-15-9-13(2)8-14(3)10-15;/h8-10,12H,5-7,11H2,1-4H3,(H2,19,20,21);1H. The molecule has 0 aliphatic rings. The molecule has 0 radical (unpaired) electrons. The molecule has 0 aliphatic heterocycles. The summed E-state index contributed by atoms with van der Waals surface area (Å²) in [7, 11) is 1.80. The van der Waals surface area contributed by atoms with Gasteiger partial charge < -0.3 is 10.6 Å². The van der Waals surface area contributed by atoms with Gasteiger partial charge in [0.05, 0.1) is 17.2 Å². The van der Waals surface area contributed by atoms with Crippen molar-refractivity contribution in [1.82, 2.24) is 15.6 Å². The summed E-state index contributed by atoms with van der Waals surface area (Å²) in [6.07, 6.45) is 1.98. The van der Waals surface area contributed by atoms with Gasteiger partial charge in [-0.25, -0.2) is 4.98 Å². The Labute approximate surface area is 166 Å². The number of aryl methyl sites for hydroxylation is 3. The molecule has 0 aliphatic carbocycles. The molecular weight excluding hydrogens is 431 g/mol. The van der Waals surface area contributed by atoms with E-state index in [0.29, 0.717) is 6.54 Å². The fraction of sp³-hybridized carbons (Fsp3) is 0.444. The fourth-order valence-electron chi connectivity index (χ4n) is 2.53. The smallest absolute Gasteiger partial charge is 0.191 e. The maximum Gasteiger partial charge on any atom is 0.191 e. The maximum absolute atomic E-state index is 4.56. The highest BCUT2D eigenvalue weighted by Gasteiger charge is 2.03. The largest absolute Gasteiger partial charge is 0.356 e. The van der Waals surface area contributed by atoms with E-state index in [-0.39, 0.29) is 24.0 Å². The quantitative estimate of drug-likeness (QED) is 0.393. The van der Waals surface area contributed by atoms with Crippen LogP contribution in [0.3, 0.4) is 0 Å². The van der Waals surface area contributed by atoms with Crippen LogP contribution in [-0.2, 0) is 19.4 Å². The van der Waals surface area contributed by atoms with Crippen molar-refractivity contribution in [2.24, 2.45) is 4.99 Å². The van der Waals surface area contributed by atoms with Crippen LogP contribution in [0.25, 0.3) is 0 Å². The number of nitrogens with zero attached hydrogens (tertiary/aromatic N) is 2. The van der Waals surface area contributed by atoms with Crippen molar-refractivity contribution < 1.29 is 0 Å². The lowest BCUT2D eigenvalue weighted by atomic mass is 10.1. The van der Waals surface area contributed by atoms with Gasteiger partial charge in [0, 0.05) is 19.0 Å². The number of guanidine groups is 1. The highest BCUT2D eigenvalue weighted by molar-refractivity contribution is 14.0. The Bertz CT molecular complexity index is 647. The van der Waals surface area contributed by atoms with Crippen molar-refractivity contribution in [3.63, 3.8) is 0 Å². The Morgan fingerprint density at radius 2 is 1.88 bits per heavy atom. The minimum Gasteiger partial charge on any atom is -0.356 e. The average molecular weight is 458 g/mol. The van der Waals surface area contributed by atoms with Gasteiger partial charge in [0.25, 0.3) is 0 Å². The summed E-state index contributed by atoms with van der Waals surface area (Å²) < 4.78 is 0. The van der Waals surface area contributed by atoms with E-state index in [9.17, 15) is 0 Å². The third-order valence-corrected chi connectivity index (χ3v) is 4.59. The van der Waals surface area contributed by atoms with Gasteiger partial charge in [0.1, 0.15) is 0 Å². The SMILES string of the molecule is CCc1nc(CNC(=NC)NCCc2cc(C)cc(C)c2)cs1.I. The van der Waals surface area contributed by atoms with E-state index in [2.05, 4.69) is 65.0 Å². The highest BCUT2D eigenvalue weighted by atomic mass is 127. The number of hydrogen-bond acceptors (Lipinski definition) is 3. The lowest BCUT2D eigenvalue weighted by Gasteiger charge is -2.11. The van der Waals surface area contributed by atoms with E-state index in [0.717, 1.165) is 31.0 Å². The van der Waals surface area contributed by atoms with Crippen LogP contribution in [0, 0.1) is 13.8 Å².